The van der Waals surface area contributed by atoms with Crippen LogP contribution in [0.25, 0.3) is 23.0 Å². The van der Waals surface area contributed by atoms with Crippen molar-refractivity contribution in [3.63, 3.8) is 0 Å². The van der Waals surface area contributed by atoms with E-state index in [1.165, 1.54) is 10.6 Å². The topological polar surface area (TPSA) is 54.9 Å². The number of H-pyrrole nitrogens is 1. The van der Waals surface area contributed by atoms with Crippen LogP contribution < -0.4 is 5.69 Å². The molecule has 148 valence electrons. The zero-order valence-corrected chi connectivity index (χ0v) is 17.2. The number of imidazole rings is 1. The van der Waals surface area contributed by atoms with Crippen LogP contribution in [0.5, 0.6) is 0 Å². The molecule has 0 aliphatic rings. The van der Waals surface area contributed by atoms with Crippen molar-refractivity contribution in [2.75, 3.05) is 0 Å². The van der Waals surface area contributed by atoms with Crippen LogP contribution in [0.15, 0.2) is 89.9 Å². The number of halogens is 2. The van der Waals surface area contributed by atoms with E-state index in [4.69, 9.17) is 23.2 Å². The lowest BCUT2D eigenvalue weighted by Gasteiger charge is -2.09. The minimum Gasteiger partial charge on any atom is -0.312 e. The molecule has 1 heterocycles. The van der Waals surface area contributed by atoms with E-state index in [1.54, 1.807) is 60.8 Å². The number of aromatic nitrogens is 2. The maximum atomic E-state index is 12.7. The van der Waals surface area contributed by atoms with Gasteiger partial charge in [0.15, 0.2) is 5.78 Å². The lowest BCUT2D eigenvalue weighted by Crippen LogP contribution is -2.16. The summed E-state index contributed by atoms with van der Waals surface area (Å²) in [6, 6.07) is 21.4. The van der Waals surface area contributed by atoms with Crippen LogP contribution in [0, 0.1) is 0 Å². The quantitative estimate of drug-likeness (QED) is 0.307. The van der Waals surface area contributed by atoms with Gasteiger partial charge in [-0.05, 0) is 48.0 Å². The van der Waals surface area contributed by atoms with Gasteiger partial charge in [0, 0.05) is 27.4 Å². The Bertz CT molecular complexity index is 1280. The number of carbonyl (C=O) groups is 1. The van der Waals surface area contributed by atoms with E-state index in [-0.39, 0.29) is 11.5 Å². The van der Waals surface area contributed by atoms with Gasteiger partial charge < -0.3 is 4.98 Å². The minimum absolute atomic E-state index is 0.163. The van der Waals surface area contributed by atoms with Crippen LogP contribution in [0.2, 0.25) is 10.0 Å². The SMILES string of the molecule is O=C(C=Cc1ccc(Cl)cc1)c1cccc(-n2c(-c3ccc(Cl)cc3)c[nH]c2=O)c1. The molecule has 0 aliphatic carbocycles. The van der Waals surface area contributed by atoms with Crippen molar-refractivity contribution < 1.29 is 4.79 Å². The van der Waals surface area contributed by atoms with Gasteiger partial charge in [-0.25, -0.2) is 4.79 Å². The molecule has 0 atom stereocenters. The molecule has 30 heavy (non-hydrogen) atoms. The summed E-state index contributed by atoms with van der Waals surface area (Å²) in [4.78, 5) is 27.8. The second-order valence-corrected chi connectivity index (χ2v) is 7.49. The summed E-state index contributed by atoms with van der Waals surface area (Å²) < 4.78 is 1.53. The Morgan fingerprint density at radius 1 is 0.900 bits per heavy atom. The monoisotopic (exact) mass is 434 g/mol. The van der Waals surface area contributed by atoms with Gasteiger partial charge in [0.2, 0.25) is 0 Å². The summed E-state index contributed by atoms with van der Waals surface area (Å²) in [6.45, 7) is 0. The molecule has 0 radical (unpaired) electrons. The number of aromatic amines is 1. The first kappa shape index (κ1) is 20.0. The molecule has 0 saturated carbocycles. The fourth-order valence-corrected chi connectivity index (χ4v) is 3.35. The van der Waals surface area contributed by atoms with Crippen LogP contribution in [-0.2, 0) is 0 Å². The third-order valence-corrected chi connectivity index (χ3v) is 5.11. The first-order chi connectivity index (χ1) is 14.5. The fourth-order valence-electron chi connectivity index (χ4n) is 3.10. The van der Waals surface area contributed by atoms with Gasteiger partial charge in [-0.2, -0.15) is 0 Å². The van der Waals surface area contributed by atoms with E-state index in [0.717, 1.165) is 11.1 Å². The average molecular weight is 435 g/mol. The molecule has 4 rings (SSSR count). The number of carbonyl (C=O) groups excluding carboxylic acids is 1. The number of nitrogens with one attached hydrogen (secondary N) is 1. The van der Waals surface area contributed by atoms with Gasteiger partial charge >= 0.3 is 5.69 Å². The van der Waals surface area contributed by atoms with Gasteiger partial charge in [0.25, 0.3) is 0 Å². The highest BCUT2D eigenvalue weighted by Gasteiger charge is 2.12. The van der Waals surface area contributed by atoms with E-state index >= 15 is 0 Å². The summed E-state index contributed by atoms with van der Waals surface area (Å²) in [5.41, 5.74) is 3.16. The second-order valence-electron chi connectivity index (χ2n) is 6.62. The van der Waals surface area contributed by atoms with Gasteiger partial charge in [-0.1, -0.05) is 65.7 Å². The zero-order chi connectivity index (χ0) is 21.1. The van der Waals surface area contributed by atoms with Crippen molar-refractivity contribution >= 4 is 35.1 Å². The highest BCUT2D eigenvalue weighted by atomic mass is 35.5. The summed E-state index contributed by atoms with van der Waals surface area (Å²) >= 11 is 11.9. The molecule has 0 bridgehead atoms. The van der Waals surface area contributed by atoms with E-state index in [0.29, 0.717) is 27.0 Å². The molecule has 0 unspecified atom stereocenters. The predicted octanol–water partition coefficient (Wildman–Crippen LogP) is 6.04. The maximum absolute atomic E-state index is 12.7. The Balaban J connectivity index is 1.66. The highest BCUT2D eigenvalue weighted by Crippen LogP contribution is 2.23. The molecule has 0 fully saturated rings. The van der Waals surface area contributed by atoms with Gasteiger partial charge in [0.05, 0.1) is 11.4 Å². The molecule has 1 N–H and O–H groups in total. The normalized spacial score (nSPS) is 11.1. The Morgan fingerprint density at radius 2 is 1.57 bits per heavy atom. The molecule has 0 aliphatic heterocycles. The molecular weight excluding hydrogens is 419 g/mol. The second kappa shape index (κ2) is 8.57. The van der Waals surface area contributed by atoms with Crippen molar-refractivity contribution in [1.82, 2.24) is 9.55 Å². The summed E-state index contributed by atoms with van der Waals surface area (Å²) in [5.74, 6) is -0.163. The summed E-state index contributed by atoms with van der Waals surface area (Å²) in [7, 11) is 0. The number of hydrogen-bond acceptors (Lipinski definition) is 2. The number of benzene rings is 3. The minimum atomic E-state index is -0.291. The Morgan fingerprint density at radius 3 is 2.27 bits per heavy atom. The molecule has 0 amide bonds. The predicted molar refractivity (Wildman–Crippen MR) is 122 cm³/mol. The lowest BCUT2D eigenvalue weighted by atomic mass is 10.1. The standard InChI is InChI=1S/C24H16Cl2N2O2/c25-19-9-4-16(5-10-19)6-13-23(29)18-2-1-3-21(14-18)28-22(15-27-24(28)30)17-7-11-20(26)12-8-17/h1-15H,(H,27,30). The third kappa shape index (κ3) is 4.30. The molecule has 4 aromatic rings. The smallest absolute Gasteiger partial charge is 0.312 e. The summed E-state index contributed by atoms with van der Waals surface area (Å²) in [5, 5.41) is 1.25. The Hall–Kier alpha value is -3.34. The van der Waals surface area contributed by atoms with E-state index in [2.05, 4.69) is 4.98 Å². The van der Waals surface area contributed by atoms with E-state index in [9.17, 15) is 9.59 Å². The van der Waals surface area contributed by atoms with Crippen LogP contribution in [-0.4, -0.2) is 15.3 Å². The summed E-state index contributed by atoms with van der Waals surface area (Å²) in [6.07, 6.45) is 4.87. The first-order valence-electron chi connectivity index (χ1n) is 9.16. The van der Waals surface area contributed by atoms with Gasteiger partial charge in [-0.3, -0.25) is 9.36 Å². The van der Waals surface area contributed by atoms with Crippen LogP contribution in [0.1, 0.15) is 15.9 Å². The maximum Gasteiger partial charge on any atom is 0.330 e. The molecule has 4 nitrogen and oxygen atoms in total. The van der Waals surface area contributed by atoms with Gasteiger partial charge in [0.1, 0.15) is 0 Å². The molecule has 3 aromatic carbocycles. The number of nitrogens with zero attached hydrogens (tertiary/aromatic N) is 1. The Kier molecular flexibility index (Phi) is 5.70. The number of rotatable bonds is 5. The molecule has 1 aromatic heterocycles. The molecule has 0 spiro atoms. The van der Waals surface area contributed by atoms with E-state index < -0.39 is 0 Å². The zero-order valence-electron chi connectivity index (χ0n) is 15.7. The number of allylic oxidation sites excluding steroid dienone is 1. The van der Waals surface area contributed by atoms with Crippen LogP contribution in [0.3, 0.4) is 0 Å². The molecular formula is C24H16Cl2N2O2. The number of ketones is 1. The fraction of sp³-hybridized carbons (Fsp3) is 0. The lowest BCUT2D eigenvalue weighted by molar-refractivity contribution is 0.104. The third-order valence-electron chi connectivity index (χ3n) is 4.60. The van der Waals surface area contributed by atoms with Crippen molar-refractivity contribution in [3.05, 3.63) is 117 Å². The van der Waals surface area contributed by atoms with E-state index in [1.807, 2.05) is 24.3 Å². The average Bonchev–Trinajstić information content (AvgIpc) is 3.15. The molecule has 0 saturated heterocycles. The largest absolute Gasteiger partial charge is 0.330 e. The number of hydrogen-bond donors (Lipinski definition) is 1. The van der Waals surface area contributed by atoms with Crippen LogP contribution >= 0.6 is 23.2 Å². The molecule has 6 heteroatoms. The Labute approximate surface area is 183 Å². The van der Waals surface area contributed by atoms with Crippen molar-refractivity contribution in [3.8, 4) is 16.9 Å². The van der Waals surface area contributed by atoms with Gasteiger partial charge in [-0.15, -0.1) is 0 Å². The van der Waals surface area contributed by atoms with Crippen molar-refractivity contribution in [1.29, 1.82) is 0 Å². The van der Waals surface area contributed by atoms with Crippen molar-refractivity contribution in [2.45, 2.75) is 0 Å². The first-order valence-corrected chi connectivity index (χ1v) is 9.92. The van der Waals surface area contributed by atoms with Crippen LogP contribution in [0.4, 0.5) is 0 Å². The van der Waals surface area contributed by atoms with Crippen molar-refractivity contribution in [2.24, 2.45) is 0 Å². The highest BCUT2D eigenvalue weighted by molar-refractivity contribution is 6.30.